The summed E-state index contributed by atoms with van der Waals surface area (Å²) in [6, 6.07) is 6.47. The summed E-state index contributed by atoms with van der Waals surface area (Å²) in [5, 5.41) is 4.38. The summed E-state index contributed by atoms with van der Waals surface area (Å²) in [5.41, 5.74) is 3.09. The highest BCUT2D eigenvalue weighted by atomic mass is 32.1. The van der Waals surface area contributed by atoms with Gasteiger partial charge in [0.2, 0.25) is 0 Å². The van der Waals surface area contributed by atoms with Crippen LogP contribution in [0.25, 0.3) is 20.9 Å². The first kappa shape index (κ1) is 16.0. The van der Waals surface area contributed by atoms with Crippen molar-refractivity contribution < 1.29 is 0 Å². The molecule has 0 bridgehead atoms. The van der Waals surface area contributed by atoms with E-state index < -0.39 is 0 Å². The molecule has 3 aromatic heterocycles. The average molecular weight is 366 g/mol. The lowest BCUT2D eigenvalue weighted by molar-refractivity contribution is 0.589. The van der Waals surface area contributed by atoms with Crippen LogP contribution in [-0.2, 0) is 0 Å². The molecule has 5 heterocycles. The van der Waals surface area contributed by atoms with Gasteiger partial charge in [-0.2, -0.15) is 0 Å². The molecule has 7 heteroatoms. The molecule has 26 heavy (non-hydrogen) atoms. The van der Waals surface area contributed by atoms with Gasteiger partial charge in [0, 0.05) is 51.0 Å². The van der Waals surface area contributed by atoms with Crippen LogP contribution in [0.2, 0.25) is 0 Å². The van der Waals surface area contributed by atoms with Gasteiger partial charge in [0.15, 0.2) is 5.65 Å². The molecule has 2 aliphatic heterocycles. The van der Waals surface area contributed by atoms with Crippen molar-refractivity contribution in [2.45, 2.75) is 12.8 Å². The third-order valence-corrected chi connectivity index (χ3v) is 6.18. The summed E-state index contributed by atoms with van der Waals surface area (Å²) in [7, 11) is 0. The first-order valence-electron chi connectivity index (χ1n) is 9.30. The van der Waals surface area contributed by atoms with Gasteiger partial charge in [-0.1, -0.05) is 0 Å². The number of hydrogen-bond acceptors (Lipinski definition) is 7. The largest absolute Gasteiger partial charge is 0.368 e. The fraction of sp³-hybridized carbons (Fsp3) is 0.421. The molecule has 3 aromatic rings. The smallest absolute Gasteiger partial charge is 0.171 e. The molecule has 0 amide bonds. The highest BCUT2D eigenvalue weighted by Crippen LogP contribution is 2.32. The van der Waals surface area contributed by atoms with Crippen molar-refractivity contribution in [2.24, 2.45) is 0 Å². The van der Waals surface area contributed by atoms with Crippen LogP contribution in [0.15, 0.2) is 30.6 Å². The minimum absolute atomic E-state index is 0.826. The lowest BCUT2D eigenvalue weighted by Crippen LogP contribution is -2.43. The molecule has 0 radical (unpaired) electrons. The molecule has 2 saturated heterocycles. The topological polar surface area (TPSA) is 57.2 Å². The van der Waals surface area contributed by atoms with Crippen LogP contribution in [0.1, 0.15) is 12.8 Å². The molecule has 0 aliphatic carbocycles. The SMILES string of the molecule is c1cc(N2CCCC2)ncc1-c1nc2ncc(N3CCNCC3)cc2s1. The Bertz CT molecular complexity index is 894. The predicted octanol–water partition coefficient (Wildman–Crippen LogP) is 2.76. The second kappa shape index (κ2) is 6.81. The van der Waals surface area contributed by atoms with Crippen molar-refractivity contribution in [2.75, 3.05) is 49.1 Å². The minimum Gasteiger partial charge on any atom is -0.368 e. The van der Waals surface area contributed by atoms with Crippen LogP contribution >= 0.6 is 11.3 Å². The van der Waals surface area contributed by atoms with Crippen molar-refractivity contribution >= 4 is 33.2 Å². The number of aromatic nitrogens is 3. The van der Waals surface area contributed by atoms with Crippen LogP contribution in [-0.4, -0.2) is 54.2 Å². The normalized spacial score (nSPS) is 18.0. The third kappa shape index (κ3) is 3.01. The van der Waals surface area contributed by atoms with Gasteiger partial charge in [0.25, 0.3) is 0 Å². The third-order valence-electron chi connectivity index (χ3n) is 5.14. The number of rotatable bonds is 3. The van der Waals surface area contributed by atoms with Crippen LogP contribution in [0.3, 0.4) is 0 Å². The summed E-state index contributed by atoms with van der Waals surface area (Å²) in [6.45, 7) is 6.35. The fourth-order valence-electron chi connectivity index (χ4n) is 3.67. The Kier molecular flexibility index (Phi) is 4.18. The maximum absolute atomic E-state index is 4.72. The van der Waals surface area contributed by atoms with Crippen molar-refractivity contribution in [3.63, 3.8) is 0 Å². The second-order valence-corrected chi connectivity index (χ2v) is 7.90. The number of nitrogens with one attached hydrogen (secondary N) is 1. The zero-order valence-electron chi connectivity index (χ0n) is 14.7. The number of pyridine rings is 2. The molecular weight excluding hydrogens is 344 g/mol. The van der Waals surface area contributed by atoms with E-state index in [1.165, 1.54) is 18.5 Å². The molecule has 2 fully saturated rings. The van der Waals surface area contributed by atoms with Gasteiger partial charge in [-0.15, -0.1) is 11.3 Å². The van der Waals surface area contributed by atoms with Gasteiger partial charge in [-0.25, -0.2) is 15.0 Å². The Morgan fingerprint density at radius 3 is 2.54 bits per heavy atom. The number of hydrogen-bond donors (Lipinski definition) is 1. The Morgan fingerprint density at radius 1 is 0.923 bits per heavy atom. The zero-order valence-corrected chi connectivity index (χ0v) is 15.5. The van der Waals surface area contributed by atoms with E-state index in [9.17, 15) is 0 Å². The summed E-state index contributed by atoms with van der Waals surface area (Å²) in [6.07, 6.45) is 6.43. The molecule has 0 saturated carbocycles. The van der Waals surface area contributed by atoms with Gasteiger partial charge >= 0.3 is 0 Å². The van der Waals surface area contributed by atoms with Crippen LogP contribution in [0.5, 0.6) is 0 Å². The Labute approximate surface area is 156 Å². The van der Waals surface area contributed by atoms with Gasteiger partial charge in [-0.3, -0.25) is 0 Å². The van der Waals surface area contributed by atoms with Gasteiger partial charge in [0.05, 0.1) is 16.6 Å². The van der Waals surface area contributed by atoms with Crippen molar-refractivity contribution in [3.8, 4) is 10.6 Å². The van der Waals surface area contributed by atoms with Gasteiger partial charge in [0.1, 0.15) is 10.8 Å². The summed E-state index contributed by atoms with van der Waals surface area (Å²) >= 11 is 1.70. The molecule has 0 atom stereocenters. The molecule has 0 unspecified atom stereocenters. The van der Waals surface area contributed by atoms with Crippen molar-refractivity contribution in [3.05, 3.63) is 30.6 Å². The van der Waals surface area contributed by atoms with E-state index in [0.29, 0.717) is 0 Å². The summed E-state index contributed by atoms with van der Waals surface area (Å²) in [4.78, 5) is 18.7. The van der Waals surface area contributed by atoms with Gasteiger partial charge in [-0.05, 0) is 31.0 Å². The lowest BCUT2D eigenvalue weighted by Gasteiger charge is -2.28. The Hall–Kier alpha value is -2.25. The zero-order chi connectivity index (χ0) is 17.3. The molecule has 0 spiro atoms. The standard InChI is InChI=1S/C19H22N6S/c1-2-8-25(7-1)17-4-3-14(12-21-17)19-23-18-16(26-19)11-15(13-22-18)24-9-5-20-6-10-24/h3-4,11-13,20H,1-2,5-10H2. The predicted molar refractivity (Wildman–Crippen MR) is 107 cm³/mol. The maximum Gasteiger partial charge on any atom is 0.171 e. The van der Waals surface area contributed by atoms with E-state index in [0.717, 1.165) is 66.0 Å². The van der Waals surface area contributed by atoms with Gasteiger partial charge < -0.3 is 15.1 Å². The molecule has 2 aliphatic rings. The summed E-state index contributed by atoms with van der Waals surface area (Å²) in [5.74, 6) is 1.08. The Morgan fingerprint density at radius 2 is 1.77 bits per heavy atom. The van der Waals surface area contributed by atoms with E-state index in [1.54, 1.807) is 11.3 Å². The van der Waals surface area contributed by atoms with Crippen LogP contribution < -0.4 is 15.1 Å². The fourth-order valence-corrected chi connectivity index (χ4v) is 4.62. The van der Waals surface area contributed by atoms with E-state index >= 15 is 0 Å². The highest BCUT2D eigenvalue weighted by Gasteiger charge is 2.16. The molecule has 134 valence electrons. The first-order chi connectivity index (χ1) is 12.9. The number of piperazine rings is 1. The first-order valence-corrected chi connectivity index (χ1v) is 10.1. The average Bonchev–Trinajstić information content (AvgIpc) is 3.38. The monoisotopic (exact) mass is 366 g/mol. The van der Waals surface area contributed by atoms with E-state index in [1.807, 2.05) is 12.4 Å². The van der Waals surface area contributed by atoms with E-state index in [2.05, 4.69) is 43.3 Å². The van der Waals surface area contributed by atoms with Crippen molar-refractivity contribution in [1.29, 1.82) is 0 Å². The number of nitrogens with zero attached hydrogens (tertiary/aromatic N) is 5. The summed E-state index contributed by atoms with van der Waals surface area (Å²) < 4.78 is 1.14. The van der Waals surface area contributed by atoms with Crippen molar-refractivity contribution in [1.82, 2.24) is 20.3 Å². The Balaban J connectivity index is 1.41. The van der Waals surface area contributed by atoms with E-state index in [4.69, 9.17) is 4.98 Å². The molecule has 6 nitrogen and oxygen atoms in total. The molecule has 5 rings (SSSR count). The number of thiazole rings is 1. The molecule has 0 aromatic carbocycles. The second-order valence-electron chi connectivity index (χ2n) is 6.87. The maximum atomic E-state index is 4.72. The molecule has 1 N–H and O–H groups in total. The van der Waals surface area contributed by atoms with E-state index in [-0.39, 0.29) is 0 Å². The van der Waals surface area contributed by atoms with Crippen LogP contribution in [0.4, 0.5) is 11.5 Å². The van der Waals surface area contributed by atoms with Crippen LogP contribution in [0, 0.1) is 0 Å². The number of anilines is 2. The molecular formula is C19H22N6S. The number of fused-ring (bicyclic) bond motifs is 1. The highest BCUT2D eigenvalue weighted by molar-refractivity contribution is 7.21. The lowest BCUT2D eigenvalue weighted by atomic mass is 10.3. The minimum atomic E-state index is 0.826. The quantitative estimate of drug-likeness (QED) is 0.769.